The Hall–Kier alpha value is -3.06. The van der Waals surface area contributed by atoms with Crippen LogP contribution in [0, 0.1) is 5.82 Å². The Balaban J connectivity index is 1.71. The second-order valence-electron chi connectivity index (χ2n) is 6.41. The van der Waals surface area contributed by atoms with Crippen LogP contribution in [0.1, 0.15) is 11.7 Å². The number of nitrogens with zero attached hydrogens (tertiary/aromatic N) is 4. The second-order valence-corrected chi connectivity index (χ2v) is 6.41. The molecule has 1 saturated heterocycles. The van der Waals surface area contributed by atoms with Crippen LogP contribution < -0.4 is 10.5 Å². The van der Waals surface area contributed by atoms with Gasteiger partial charge in [0.1, 0.15) is 6.10 Å². The molecule has 0 amide bonds. The molecule has 0 aliphatic carbocycles. The maximum atomic E-state index is 14.1. The zero-order valence-corrected chi connectivity index (χ0v) is 14.9. The predicted molar refractivity (Wildman–Crippen MR) is 100 cm³/mol. The van der Waals surface area contributed by atoms with Crippen molar-refractivity contribution in [1.82, 2.24) is 14.5 Å². The Kier molecular flexibility index (Phi) is 4.68. The van der Waals surface area contributed by atoms with E-state index in [2.05, 4.69) is 9.97 Å². The number of pyridine rings is 1. The van der Waals surface area contributed by atoms with Gasteiger partial charge in [0.25, 0.3) is 5.56 Å². The Morgan fingerprint density at radius 3 is 2.81 bits per heavy atom. The molecule has 1 aliphatic heterocycles. The van der Waals surface area contributed by atoms with Gasteiger partial charge in [0, 0.05) is 31.4 Å². The van der Waals surface area contributed by atoms with Crippen molar-refractivity contribution in [3.05, 3.63) is 76.6 Å². The summed E-state index contributed by atoms with van der Waals surface area (Å²) in [4.78, 5) is 22.8. The summed E-state index contributed by atoms with van der Waals surface area (Å²) in [6.07, 6.45) is 2.49. The van der Waals surface area contributed by atoms with Gasteiger partial charge in [-0.05, 0) is 11.6 Å². The number of aromatic nitrogens is 3. The average Bonchev–Trinajstić information content (AvgIpc) is 2.71. The highest BCUT2D eigenvalue weighted by molar-refractivity contribution is 5.60. The van der Waals surface area contributed by atoms with E-state index in [1.807, 2.05) is 35.2 Å². The van der Waals surface area contributed by atoms with Crippen molar-refractivity contribution in [3.63, 3.8) is 0 Å². The fraction of sp³-hybridized carbons (Fsp3) is 0.250. The Bertz CT molecular complexity index is 1010. The van der Waals surface area contributed by atoms with Gasteiger partial charge in [-0.1, -0.05) is 30.3 Å². The van der Waals surface area contributed by atoms with Crippen molar-refractivity contribution in [2.24, 2.45) is 7.05 Å². The highest BCUT2D eigenvalue weighted by Gasteiger charge is 2.25. The van der Waals surface area contributed by atoms with E-state index < -0.39 is 5.82 Å². The molecule has 1 aliphatic rings. The van der Waals surface area contributed by atoms with Gasteiger partial charge in [0.05, 0.1) is 25.0 Å². The summed E-state index contributed by atoms with van der Waals surface area (Å²) in [6.45, 7) is 1.68. The molecule has 1 atom stereocenters. The fourth-order valence-electron chi connectivity index (χ4n) is 3.23. The fourth-order valence-corrected chi connectivity index (χ4v) is 3.23. The molecule has 138 valence electrons. The maximum absolute atomic E-state index is 14.1. The molecule has 6 nitrogen and oxygen atoms in total. The van der Waals surface area contributed by atoms with Gasteiger partial charge in [-0.3, -0.25) is 14.3 Å². The van der Waals surface area contributed by atoms with Gasteiger partial charge in [0.15, 0.2) is 5.82 Å². The molecule has 1 fully saturated rings. The topological polar surface area (TPSA) is 60.2 Å². The number of hydrogen-bond donors (Lipinski definition) is 0. The highest BCUT2D eigenvalue weighted by atomic mass is 19.1. The number of halogens is 1. The van der Waals surface area contributed by atoms with Crippen LogP contribution in [0.4, 0.5) is 10.3 Å². The van der Waals surface area contributed by atoms with Crippen LogP contribution in [-0.4, -0.2) is 34.2 Å². The first-order valence-corrected chi connectivity index (χ1v) is 8.73. The van der Waals surface area contributed by atoms with Gasteiger partial charge in [-0.2, -0.15) is 0 Å². The Morgan fingerprint density at radius 2 is 2.04 bits per heavy atom. The van der Waals surface area contributed by atoms with E-state index >= 15 is 0 Å². The minimum absolute atomic E-state index is 0.113. The molecular formula is C20H19FN4O2. The molecule has 0 bridgehead atoms. The lowest BCUT2D eigenvalue weighted by atomic mass is 10.1. The van der Waals surface area contributed by atoms with E-state index in [4.69, 9.17) is 4.74 Å². The number of rotatable bonds is 3. The van der Waals surface area contributed by atoms with Crippen molar-refractivity contribution in [2.75, 3.05) is 24.6 Å². The van der Waals surface area contributed by atoms with E-state index in [9.17, 15) is 9.18 Å². The van der Waals surface area contributed by atoms with E-state index in [1.165, 1.54) is 22.9 Å². The van der Waals surface area contributed by atoms with Crippen molar-refractivity contribution in [1.29, 1.82) is 0 Å². The van der Waals surface area contributed by atoms with Crippen molar-refractivity contribution >= 4 is 5.95 Å². The molecule has 3 aromatic rings. The molecule has 0 saturated carbocycles. The summed E-state index contributed by atoms with van der Waals surface area (Å²) in [5, 5.41) is 0. The average molecular weight is 366 g/mol. The van der Waals surface area contributed by atoms with Gasteiger partial charge >= 0.3 is 0 Å². The molecule has 3 heterocycles. The third kappa shape index (κ3) is 3.46. The Labute approximate surface area is 155 Å². The third-order valence-corrected chi connectivity index (χ3v) is 4.68. The third-order valence-electron chi connectivity index (χ3n) is 4.68. The zero-order valence-electron chi connectivity index (χ0n) is 14.9. The lowest BCUT2D eigenvalue weighted by Gasteiger charge is -2.34. The normalized spacial score (nSPS) is 17.1. The first-order valence-electron chi connectivity index (χ1n) is 8.73. The summed E-state index contributed by atoms with van der Waals surface area (Å²) >= 11 is 0. The summed E-state index contributed by atoms with van der Waals surface area (Å²) < 4.78 is 21.5. The van der Waals surface area contributed by atoms with Crippen LogP contribution in [0.2, 0.25) is 0 Å². The van der Waals surface area contributed by atoms with Crippen LogP contribution >= 0.6 is 0 Å². The first kappa shape index (κ1) is 17.4. The summed E-state index contributed by atoms with van der Waals surface area (Å²) in [7, 11) is 1.67. The van der Waals surface area contributed by atoms with Gasteiger partial charge in [-0.15, -0.1) is 0 Å². The molecular weight excluding hydrogens is 347 g/mol. The van der Waals surface area contributed by atoms with Gasteiger partial charge in [-0.25, -0.2) is 9.37 Å². The zero-order chi connectivity index (χ0) is 18.8. The van der Waals surface area contributed by atoms with E-state index in [1.54, 1.807) is 7.05 Å². The van der Waals surface area contributed by atoms with Crippen molar-refractivity contribution in [3.8, 4) is 11.3 Å². The number of hydrogen-bond acceptors (Lipinski definition) is 5. The molecule has 0 unspecified atom stereocenters. The predicted octanol–water partition coefficient (Wildman–Crippen LogP) is 2.56. The standard InChI is InChI=1S/C20H19FN4O2/c1-24-19(26)11-17(15-7-8-22-12-16(15)21)23-20(24)25-9-10-27-18(13-25)14-5-3-2-4-6-14/h2-8,11-12,18H,9-10,13H2,1H3/t18-/m1/s1. The molecule has 0 spiro atoms. The molecule has 2 aromatic heterocycles. The first-order chi connectivity index (χ1) is 13.1. The van der Waals surface area contributed by atoms with Crippen molar-refractivity contribution in [2.45, 2.75) is 6.10 Å². The molecule has 0 N–H and O–H groups in total. The number of ether oxygens (including phenoxy) is 1. The lowest BCUT2D eigenvalue weighted by molar-refractivity contribution is 0.0390. The second kappa shape index (κ2) is 7.28. The van der Waals surface area contributed by atoms with E-state index in [0.717, 1.165) is 11.8 Å². The summed E-state index contributed by atoms with van der Waals surface area (Å²) in [5.41, 5.74) is 1.39. The summed E-state index contributed by atoms with van der Waals surface area (Å²) in [6, 6.07) is 12.8. The number of anilines is 1. The van der Waals surface area contributed by atoms with E-state index in [-0.39, 0.29) is 17.2 Å². The molecule has 0 radical (unpaired) electrons. The van der Waals surface area contributed by atoms with Crippen LogP contribution in [-0.2, 0) is 11.8 Å². The SMILES string of the molecule is Cn1c(N2CCO[C@@H](c3ccccc3)C2)nc(-c2ccncc2F)cc1=O. The number of benzene rings is 1. The van der Waals surface area contributed by atoms with E-state index in [0.29, 0.717) is 31.3 Å². The molecule has 4 rings (SSSR count). The van der Waals surface area contributed by atoms with Crippen LogP contribution in [0.15, 0.2) is 59.7 Å². The largest absolute Gasteiger partial charge is 0.370 e. The minimum atomic E-state index is -0.506. The maximum Gasteiger partial charge on any atom is 0.255 e. The van der Waals surface area contributed by atoms with Crippen molar-refractivity contribution < 1.29 is 9.13 Å². The van der Waals surface area contributed by atoms with Gasteiger partial charge in [0.2, 0.25) is 5.95 Å². The summed E-state index contributed by atoms with van der Waals surface area (Å²) in [5.74, 6) is -0.00807. The molecule has 7 heteroatoms. The molecule has 1 aromatic carbocycles. The van der Waals surface area contributed by atoms with Crippen LogP contribution in [0.5, 0.6) is 0 Å². The minimum Gasteiger partial charge on any atom is -0.370 e. The Morgan fingerprint density at radius 1 is 1.22 bits per heavy atom. The smallest absolute Gasteiger partial charge is 0.255 e. The quantitative estimate of drug-likeness (QED) is 0.713. The highest BCUT2D eigenvalue weighted by Crippen LogP contribution is 2.26. The van der Waals surface area contributed by atoms with Crippen LogP contribution in [0.3, 0.4) is 0 Å². The van der Waals surface area contributed by atoms with Crippen LogP contribution in [0.25, 0.3) is 11.3 Å². The number of morpholine rings is 1. The monoisotopic (exact) mass is 366 g/mol. The molecule has 27 heavy (non-hydrogen) atoms. The van der Waals surface area contributed by atoms with Gasteiger partial charge < -0.3 is 9.64 Å². The lowest BCUT2D eigenvalue weighted by Crippen LogP contribution is -2.41.